The Morgan fingerprint density at radius 1 is 0.450 bits per heavy atom. The zero-order chi connectivity index (χ0) is 26.8. The number of rotatable bonds is 3. The highest BCUT2D eigenvalue weighted by molar-refractivity contribution is 6.10. The molecule has 0 atom stereocenters. The van der Waals surface area contributed by atoms with Gasteiger partial charge in [-0.05, 0) is 74.8 Å². The van der Waals surface area contributed by atoms with E-state index in [4.69, 9.17) is 0 Å². The summed E-state index contributed by atoms with van der Waals surface area (Å²) in [5.74, 6) is 0. The van der Waals surface area contributed by atoms with Gasteiger partial charge in [0.15, 0.2) is 0 Å². The van der Waals surface area contributed by atoms with E-state index in [-0.39, 0.29) is 5.41 Å². The van der Waals surface area contributed by atoms with Crippen molar-refractivity contribution in [3.8, 4) is 39.1 Å². The molecule has 6 aromatic carbocycles. The molecule has 1 heterocycles. The van der Waals surface area contributed by atoms with Crippen molar-refractivity contribution in [1.82, 2.24) is 4.57 Å². The first-order chi connectivity index (χ1) is 19.6. The number of hydrogen-bond acceptors (Lipinski definition) is 0. The van der Waals surface area contributed by atoms with Crippen LogP contribution in [-0.2, 0) is 5.41 Å². The number of benzene rings is 6. The molecule has 1 nitrogen and oxygen atoms in total. The molecule has 0 unspecified atom stereocenters. The Kier molecular flexibility index (Phi) is 4.93. The van der Waals surface area contributed by atoms with Crippen molar-refractivity contribution >= 4 is 21.8 Å². The second-order valence-electron chi connectivity index (χ2n) is 11.4. The van der Waals surface area contributed by atoms with E-state index in [0.717, 1.165) is 0 Å². The lowest BCUT2D eigenvalue weighted by molar-refractivity contribution is 0.662. The summed E-state index contributed by atoms with van der Waals surface area (Å²) in [6, 6.07) is 51.0. The van der Waals surface area contributed by atoms with E-state index in [0.29, 0.717) is 0 Å². The highest BCUT2D eigenvalue weighted by atomic mass is 15.0. The number of fused-ring (bicyclic) bond motifs is 6. The van der Waals surface area contributed by atoms with Crippen molar-refractivity contribution in [2.75, 3.05) is 0 Å². The van der Waals surface area contributed by atoms with Gasteiger partial charge in [0.1, 0.15) is 0 Å². The molecule has 0 aliphatic heterocycles. The van der Waals surface area contributed by atoms with Gasteiger partial charge in [0, 0.05) is 21.9 Å². The largest absolute Gasteiger partial charge is 0.309 e. The van der Waals surface area contributed by atoms with E-state index in [9.17, 15) is 0 Å². The number of aromatic nitrogens is 1. The average molecular weight is 512 g/mol. The molecule has 1 aliphatic carbocycles. The minimum atomic E-state index is -0.0496. The van der Waals surface area contributed by atoms with Crippen LogP contribution in [0.1, 0.15) is 25.0 Å². The second kappa shape index (κ2) is 8.56. The fraction of sp³-hybridized carbons (Fsp3) is 0.0769. The van der Waals surface area contributed by atoms with E-state index < -0.39 is 0 Å². The van der Waals surface area contributed by atoms with E-state index in [1.807, 2.05) is 0 Å². The van der Waals surface area contributed by atoms with Crippen LogP contribution in [0.25, 0.3) is 60.9 Å². The molecule has 0 bridgehead atoms. The van der Waals surface area contributed by atoms with E-state index in [1.165, 1.54) is 72.0 Å². The lowest BCUT2D eigenvalue weighted by Gasteiger charge is -2.24. The zero-order valence-electron chi connectivity index (χ0n) is 22.7. The highest BCUT2D eigenvalue weighted by Crippen LogP contribution is 2.52. The normalized spacial score (nSPS) is 13.4. The van der Waals surface area contributed by atoms with Crippen molar-refractivity contribution in [2.24, 2.45) is 0 Å². The lowest BCUT2D eigenvalue weighted by atomic mass is 9.79. The Balaban J connectivity index is 1.31. The van der Waals surface area contributed by atoms with Crippen LogP contribution >= 0.6 is 0 Å². The summed E-state index contributed by atoms with van der Waals surface area (Å²) in [5, 5.41) is 2.56. The fourth-order valence-electron chi connectivity index (χ4n) is 6.94. The Hall–Kier alpha value is -4.88. The van der Waals surface area contributed by atoms with Crippen molar-refractivity contribution in [3.63, 3.8) is 0 Å². The lowest BCUT2D eigenvalue weighted by Crippen LogP contribution is -2.16. The molecule has 0 spiro atoms. The SMILES string of the molecule is CC1(C)c2ccccc2-c2cccc(-c3ccc4c(c3)c3ccccc3n4-c3ccc(-c4ccccc4)cc3)c21. The van der Waals surface area contributed by atoms with Crippen LogP contribution in [0.4, 0.5) is 0 Å². The third kappa shape index (κ3) is 3.28. The monoisotopic (exact) mass is 511 g/mol. The Bertz CT molecular complexity index is 2060. The molecular weight excluding hydrogens is 482 g/mol. The van der Waals surface area contributed by atoms with Crippen LogP contribution < -0.4 is 0 Å². The summed E-state index contributed by atoms with van der Waals surface area (Å²) >= 11 is 0. The van der Waals surface area contributed by atoms with Gasteiger partial charge in [0.05, 0.1) is 11.0 Å². The van der Waals surface area contributed by atoms with Crippen molar-refractivity contribution in [3.05, 3.63) is 151 Å². The number of nitrogens with zero attached hydrogens (tertiary/aromatic N) is 1. The van der Waals surface area contributed by atoms with Gasteiger partial charge in [-0.15, -0.1) is 0 Å². The molecule has 0 radical (unpaired) electrons. The molecule has 0 amide bonds. The summed E-state index contributed by atoms with van der Waals surface area (Å²) in [5.41, 5.74) is 14.2. The summed E-state index contributed by atoms with van der Waals surface area (Å²) in [6.07, 6.45) is 0. The van der Waals surface area contributed by atoms with Crippen LogP contribution in [0, 0.1) is 0 Å². The summed E-state index contributed by atoms with van der Waals surface area (Å²) in [4.78, 5) is 0. The topological polar surface area (TPSA) is 4.93 Å². The molecule has 7 aromatic rings. The highest BCUT2D eigenvalue weighted by Gasteiger charge is 2.37. The molecule has 1 heteroatoms. The van der Waals surface area contributed by atoms with Gasteiger partial charge >= 0.3 is 0 Å². The smallest absolute Gasteiger partial charge is 0.0541 e. The predicted molar refractivity (Wildman–Crippen MR) is 169 cm³/mol. The maximum atomic E-state index is 2.40. The van der Waals surface area contributed by atoms with Gasteiger partial charge < -0.3 is 4.57 Å². The fourth-order valence-corrected chi connectivity index (χ4v) is 6.94. The molecular formula is C39H29N. The molecule has 0 fully saturated rings. The Labute approximate surface area is 235 Å². The zero-order valence-corrected chi connectivity index (χ0v) is 22.7. The van der Waals surface area contributed by atoms with Crippen molar-refractivity contribution in [2.45, 2.75) is 19.3 Å². The van der Waals surface area contributed by atoms with Gasteiger partial charge in [-0.1, -0.05) is 123 Å². The third-order valence-electron chi connectivity index (χ3n) is 8.80. The Morgan fingerprint density at radius 3 is 1.93 bits per heavy atom. The maximum Gasteiger partial charge on any atom is 0.0541 e. The van der Waals surface area contributed by atoms with Crippen LogP contribution in [0.3, 0.4) is 0 Å². The molecule has 1 aromatic heterocycles. The van der Waals surface area contributed by atoms with Crippen LogP contribution in [0.2, 0.25) is 0 Å². The van der Waals surface area contributed by atoms with E-state index in [1.54, 1.807) is 0 Å². The van der Waals surface area contributed by atoms with Gasteiger partial charge in [-0.2, -0.15) is 0 Å². The molecule has 8 rings (SSSR count). The predicted octanol–water partition coefficient (Wildman–Crippen LogP) is 10.4. The van der Waals surface area contributed by atoms with Gasteiger partial charge in [0.2, 0.25) is 0 Å². The minimum Gasteiger partial charge on any atom is -0.309 e. The third-order valence-corrected chi connectivity index (χ3v) is 8.80. The van der Waals surface area contributed by atoms with E-state index in [2.05, 4.69) is 158 Å². The maximum absolute atomic E-state index is 2.40. The molecule has 190 valence electrons. The van der Waals surface area contributed by atoms with Crippen LogP contribution in [-0.4, -0.2) is 4.57 Å². The molecule has 0 N–H and O–H groups in total. The standard InChI is InChI=1S/C39H29N/c1-39(2)35-17-8-6-13-31(35)33-16-10-15-30(38(33)39)28-21-24-37-34(25-28)32-14-7-9-18-36(32)40(37)29-22-19-27(20-23-29)26-11-4-3-5-12-26/h3-25H,1-2H3. The quantitative estimate of drug-likeness (QED) is 0.222. The first-order valence-electron chi connectivity index (χ1n) is 14.0. The van der Waals surface area contributed by atoms with Crippen LogP contribution in [0.5, 0.6) is 0 Å². The van der Waals surface area contributed by atoms with Crippen molar-refractivity contribution < 1.29 is 0 Å². The molecule has 0 saturated heterocycles. The first kappa shape index (κ1) is 23.0. The number of hydrogen-bond donors (Lipinski definition) is 0. The molecule has 40 heavy (non-hydrogen) atoms. The minimum absolute atomic E-state index is 0.0496. The summed E-state index contributed by atoms with van der Waals surface area (Å²) in [7, 11) is 0. The van der Waals surface area contributed by atoms with E-state index >= 15 is 0 Å². The average Bonchev–Trinajstić information content (AvgIpc) is 3.46. The van der Waals surface area contributed by atoms with Gasteiger partial charge in [-0.25, -0.2) is 0 Å². The summed E-state index contributed by atoms with van der Waals surface area (Å²) in [6.45, 7) is 4.73. The Morgan fingerprint density at radius 2 is 1.07 bits per heavy atom. The number of para-hydroxylation sites is 1. The van der Waals surface area contributed by atoms with Gasteiger partial charge in [-0.3, -0.25) is 0 Å². The van der Waals surface area contributed by atoms with Crippen molar-refractivity contribution in [1.29, 1.82) is 0 Å². The molecule has 1 aliphatic rings. The first-order valence-corrected chi connectivity index (χ1v) is 14.0. The second-order valence-corrected chi connectivity index (χ2v) is 11.4. The molecule has 0 saturated carbocycles. The summed E-state index contributed by atoms with van der Waals surface area (Å²) < 4.78 is 2.40. The van der Waals surface area contributed by atoms with Crippen LogP contribution in [0.15, 0.2) is 140 Å². The van der Waals surface area contributed by atoms with Gasteiger partial charge in [0.25, 0.3) is 0 Å².